The lowest BCUT2D eigenvalue weighted by Crippen LogP contribution is -2.36. The molecule has 2 rings (SSSR count). The Morgan fingerprint density at radius 3 is 2.25 bits per heavy atom. The summed E-state index contributed by atoms with van der Waals surface area (Å²) in [6.07, 6.45) is 3.58. The lowest BCUT2D eigenvalue weighted by molar-refractivity contribution is 0.414. The summed E-state index contributed by atoms with van der Waals surface area (Å²) in [5, 5.41) is -0.763. The molecule has 112 valence electrons. The summed E-state index contributed by atoms with van der Waals surface area (Å²) in [6, 6.07) is 6.80. The minimum Gasteiger partial charge on any atom is -0.497 e. The van der Waals surface area contributed by atoms with Crippen molar-refractivity contribution in [2.45, 2.75) is 49.1 Å². The van der Waals surface area contributed by atoms with Gasteiger partial charge in [0.05, 0.1) is 17.6 Å². The zero-order valence-electron chi connectivity index (χ0n) is 12.1. The van der Waals surface area contributed by atoms with E-state index >= 15 is 0 Å². The minimum atomic E-state index is -3.16. The van der Waals surface area contributed by atoms with Crippen LogP contribution in [0.1, 0.15) is 44.2 Å². The molecule has 1 aromatic rings. The molecule has 1 aliphatic carbocycles. The maximum Gasteiger partial charge on any atom is 0.157 e. The fourth-order valence-corrected chi connectivity index (χ4v) is 4.99. The normalized spacial score (nSPS) is 19.8. The van der Waals surface area contributed by atoms with Crippen molar-refractivity contribution in [2.24, 2.45) is 5.73 Å². The average molecular weight is 297 g/mol. The first-order chi connectivity index (χ1) is 9.46. The van der Waals surface area contributed by atoms with Gasteiger partial charge in [0.2, 0.25) is 0 Å². The van der Waals surface area contributed by atoms with Gasteiger partial charge in [-0.2, -0.15) is 0 Å². The van der Waals surface area contributed by atoms with Gasteiger partial charge < -0.3 is 10.5 Å². The first kappa shape index (κ1) is 15.3. The molecule has 1 aromatic carbocycles. The van der Waals surface area contributed by atoms with E-state index in [1.807, 2.05) is 24.3 Å². The average Bonchev–Trinajstić information content (AvgIpc) is 3.00. The summed E-state index contributed by atoms with van der Waals surface area (Å²) >= 11 is 0. The highest BCUT2D eigenvalue weighted by molar-refractivity contribution is 7.92. The van der Waals surface area contributed by atoms with E-state index in [0.717, 1.165) is 37.0 Å². The molecule has 0 radical (unpaired) electrons. The highest BCUT2D eigenvalue weighted by Gasteiger charge is 2.36. The molecular weight excluding hydrogens is 274 g/mol. The topological polar surface area (TPSA) is 69.4 Å². The molecule has 4 nitrogen and oxygen atoms in total. The monoisotopic (exact) mass is 297 g/mol. The number of hydrogen-bond acceptors (Lipinski definition) is 4. The molecule has 0 heterocycles. The van der Waals surface area contributed by atoms with Gasteiger partial charge in [-0.25, -0.2) is 8.42 Å². The van der Waals surface area contributed by atoms with Gasteiger partial charge in [-0.1, -0.05) is 25.0 Å². The Kier molecular flexibility index (Phi) is 4.70. The molecule has 5 heteroatoms. The van der Waals surface area contributed by atoms with E-state index in [1.54, 1.807) is 14.0 Å². The number of nitrogens with two attached hydrogens (primary N) is 1. The minimum absolute atomic E-state index is 0.207. The van der Waals surface area contributed by atoms with Crippen molar-refractivity contribution in [3.05, 3.63) is 29.8 Å². The molecule has 1 saturated carbocycles. The van der Waals surface area contributed by atoms with E-state index in [2.05, 4.69) is 0 Å². The second kappa shape index (κ2) is 6.14. The molecule has 0 amide bonds. The third-order valence-corrected chi connectivity index (χ3v) is 7.02. The lowest BCUT2D eigenvalue weighted by atomic mass is 10.1. The number of hydrogen-bond donors (Lipinski definition) is 1. The SMILES string of the molecule is COc1ccc(C(N)C(C)S(=O)(=O)C2CCCC2)cc1. The summed E-state index contributed by atoms with van der Waals surface area (Å²) in [6.45, 7) is 1.72. The number of ether oxygens (including phenoxy) is 1. The summed E-state index contributed by atoms with van der Waals surface area (Å²) in [5.41, 5.74) is 7.00. The second-order valence-electron chi connectivity index (χ2n) is 5.50. The first-order valence-corrected chi connectivity index (χ1v) is 8.70. The third kappa shape index (κ3) is 2.99. The third-order valence-electron chi connectivity index (χ3n) is 4.29. The van der Waals surface area contributed by atoms with Crippen molar-refractivity contribution < 1.29 is 13.2 Å². The predicted octanol–water partition coefficient (Wildman–Crippen LogP) is 2.44. The Labute approximate surface area is 121 Å². The molecule has 0 saturated heterocycles. The van der Waals surface area contributed by atoms with Crippen LogP contribution in [0.4, 0.5) is 0 Å². The summed E-state index contributed by atoms with van der Waals surface area (Å²) in [5.74, 6) is 0.743. The molecule has 1 fully saturated rings. The molecular formula is C15H23NO3S. The van der Waals surface area contributed by atoms with E-state index in [4.69, 9.17) is 10.5 Å². The van der Waals surface area contributed by atoms with Gasteiger partial charge in [0, 0.05) is 6.04 Å². The van der Waals surface area contributed by atoms with Crippen LogP contribution in [0.25, 0.3) is 0 Å². The molecule has 2 atom stereocenters. The molecule has 0 bridgehead atoms. The highest BCUT2D eigenvalue weighted by Crippen LogP contribution is 2.31. The molecule has 0 spiro atoms. The highest BCUT2D eigenvalue weighted by atomic mass is 32.2. The molecule has 2 unspecified atom stereocenters. The van der Waals surface area contributed by atoms with E-state index in [1.165, 1.54) is 0 Å². The fourth-order valence-electron chi connectivity index (χ4n) is 2.82. The standard InChI is InChI=1S/C15H23NO3S/c1-11(20(17,18)14-5-3-4-6-14)15(16)12-7-9-13(19-2)10-8-12/h7-11,14-15H,3-6,16H2,1-2H3. The predicted molar refractivity (Wildman–Crippen MR) is 80.6 cm³/mol. The Morgan fingerprint density at radius 1 is 1.20 bits per heavy atom. The number of methoxy groups -OCH3 is 1. The Bertz CT molecular complexity index is 533. The van der Waals surface area contributed by atoms with Gasteiger partial charge in [-0.05, 0) is 37.5 Å². The van der Waals surface area contributed by atoms with Crippen molar-refractivity contribution >= 4 is 9.84 Å². The molecule has 2 N–H and O–H groups in total. The van der Waals surface area contributed by atoms with Crippen LogP contribution in [0.5, 0.6) is 5.75 Å². The van der Waals surface area contributed by atoms with Crippen molar-refractivity contribution in [1.82, 2.24) is 0 Å². The Balaban J connectivity index is 2.16. The van der Waals surface area contributed by atoms with Crippen LogP contribution in [0, 0.1) is 0 Å². The van der Waals surface area contributed by atoms with Crippen LogP contribution in [0.2, 0.25) is 0 Å². The maximum absolute atomic E-state index is 12.6. The molecule has 20 heavy (non-hydrogen) atoms. The van der Waals surface area contributed by atoms with E-state index in [0.29, 0.717) is 0 Å². The van der Waals surface area contributed by atoms with E-state index < -0.39 is 21.1 Å². The summed E-state index contributed by atoms with van der Waals surface area (Å²) < 4.78 is 30.2. The van der Waals surface area contributed by atoms with Crippen molar-refractivity contribution in [1.29, 1.82) is 0 Å². The second-order valence-corrected chi connectivity index (χ2v) is 8.09. The maximum atomic E-state index is 12.6. The van der Waals surface area contributed by atoms with Gasteiger partial charge in [0.15, 0.2) is 9.84 Å². The van der Waals surface area contributed by atoms with Crippen LogP contribution in [0.3, 0.4) is 0 Å². The number of benzene rings is 1. The van der Waals surface area contributed by atoms with Gasteiger partial charge in [0.25, 0.3) is 0 Å². The smallest absolute Gasteiger partial charge is 0.157 e. The summed E-state index contributed by atoms with van der Waals surface area (Å²) in [4.78, 5) is 0. The van der Waals surface area contributed by atoms with Gasteiger partial charge in [-0.3, -0.25) is 0 Å². The van der Waals surface area contributed by atoms with E-state index in [-0.39, 0.29) is 5.25 Å². The Morgan fingerprint density at radius 2 is 1.75 bits per heavy atom. The van der Waals surface area contributed by atoms with Crippen LogP contribution in [-0.4, -0.2) is 26.0 Å². The van der Waals surface area contributed by atoms with Gasteiger partial charge in [0.1, 0.15) is 5.75 Å². The lowest BCUT2D eigenvalue weighted by Gasteiger charge is -2.24. The zero-order chi connectivity index (χ0) is 14.8. The molecule has 1 aliphatic rings. The zero-order valence-corrected chi connectivity index (χ0v) is 12.9. The molecule has 0 aromatic heterocycles. The summed E-state index contributed by atoms with van der Waals surface area (Å²) in [7, 11) is -1.56. The molecule has 0 aliphatic heterocycles. The van der Waals surface area contributed by atoms with Crippen LogP contribution < -0.4 is 10.5 Å². The first-order valence-electron chi connectivity index (χ1n) is 7.09. The van der Waals surface area contributed by atoms with Crippen LogP contribution in [-0.2, 0) is 9.84 Å². The fraction of sp³-hybridized carbons (Fsp3) is 0.600. The van der Waals surface area contributed by atoms with Gasteiger partial charge >= 0.3 is 0 Å². The quantitative estimate of drug-likeness (QED) is 0.906. The largest absolute Gasteiger partial charge is 0.497 e. The Hall–Kier alpha value is -1.07. The number of rotatable bonds is 5. The number of sulfone groups is 1. The van der Waals surface area contributed by atoms with E-state index in [9.17, 15) is 8.42 Å². The van der Waals surface area contributed by atoms with Crippen molar-refractivity contribution in [3.8, 4) is 5.75 Å². The van der Waals surface area contributed by atoms with Crippen molar-refractivity contribution in [3.63, 3.8) is 0 Å². The van der Waals surface area contributed by atoms with Crippen molar-refractivity contribution in [2.75, 3.05) is 7.11 Å². The van der Waals surface area contributed by atoms with Crippen LogP contribution >= 0.6 is 0 Å². The van der Waals surface area contributed by atoms with Gasteiger partial charge in [-0.15, -0.1) is 0 Å². The van der Waals surface area contributed by atoms with Crippen LogP contribution in [0.15, 0.2) is 24.3 Å².